The van der Waals surface area contributed by atoms with E-state index in [-0.39, 0.29) is 5.91 Å². The molecule has 20 heavy (non-hydrogen) atoms. The Bertz CT molecular complexity index is 481. The summed E-state index contributed by atoms with van der Waals surface area (Å²) in [6.07, 6.45) is 3.68. The molecule has 0 atom stereocenters. The lowest BCUT2D eigenvalue weighted by Crippen LogP contribution is -2.42. The highest BCUT2D eigenvalue weighted by atomic mass is 16.5. The van der Waals surface area contributed by atoms with Gasteiger partial charge in [0.25, 0.3) is 5.91 Å². The highest BCUT2D eigenvalue weighted by molar-refractivity contribution is 5.97. The fourth-order valence-electron chi connectivity index (χ4n) is 3.06. The SMILES string of the molecule is COc1c(C)cc(NC(=O)C2(OC)CCCC2)cc1C. The van der Waals surface area contributed by atoms with Gasteiger partial charge in [0.1, 0.15) is 11.4 Å². The number of carbonyl (C=O) groups is 1. The van der Waals surface area contributed by atoms with E-state index in [4.69, 9.17) is 9.47 Å². The number of anilines is 1. The van der Waals surface area contributed by atoms with Crippen LogP contribution in [0.5, 0.6) is 5.75 Å². The van der Waals surface area contributed by atoms with Crippen LogP contribution >= 0.6 is 0 Å². The average molecular weight is 277 g/mol. The van der Waals surface area contributed by atoms with Crippen molar-refractivity contribution in [3.05, 3.63) is 23.3 Å². The first-order valence-electron chi connectivity index (χ1n) is 7.04. The van der Waals surface area contributed by atoms with Gasteiger partial charge >= 0.3 is 0 Å². The molecule has 0 aliphatic heterocycles. The number of nitrogens with one attached hydrogen (secondary N) is 1. The van der Waals surface area contributed by atoms with Gasteiger partial charge < -0.3 is 14.8 Å². The van der Waals surface area contributed by atoms with Gasteiger partial charge in [0.2, 0.25) is 0 Å². The Morgan fingerprint density at radius 1 is 1.15 bits per heavy atom. The third-order valence-corrected chi connectivity index (χ3v) is 4.14. The van der Waals surface area contributed by atoms with Gasteiger partial charge in [0, 0.05) is 12.8 Å². The van der Waals surface area contributed by atoms with Gasteiger partial charge in [-0.2, -0.15) is 0 Å². The number of methoxy groups -OCH3 is 2. The summed E-state index contributed by atoms with van der Waals surface area (Å²) in [4.78, 5) is 12.5. The van der Waals surface area contributed by atoms with Crippen molar-refractivity contribution < 1.29 is 14.3 Å². The van der Waals surface area contributed by atoms with Crippen LogP contribution < -0.4 is 10.1 Å². The van der Waals surface area contributed by atoms with E-state index in [0.29, 0.717) is 0 Å². The molecule has 1 saturated carbocycles. The minimum atomic E-state index is -0.651. The number of hydrogen-bond acceptors (Lipinski definition) is 3. The highest BCUT2D eigenvalue weighted by Gasteiger charge is 2.41. The van der Waals surface area contributed by atoms with Gasteiger partial charge in [-0.25, -0.2) is 0 Å². The lowest BCUT2D eigenvalue weighted by molar-refractivity contribution is -0.136. The Morgan fingerprint density at radius 2 is 1.70 bits per heavy atom. The van der Waals surface area contributed by atoms with E-state index in [1.54, 1.807) is 14.2 Å². The number of aryl methyl sites for hydroxylation is 2. The van der Waals surface area contributed by atoms with E-state index in [1.165, 1.54) is 0 Å². The molecular weight excluding hydrogens is 254 g/mol. The molecule has 0 unspecified atom stereocenters. The van der Waals surface area contributed by atoms with E-state index in [1.807, 2.05) is 26.0 Å². The van der Waals surface area contributed by atoms with Crippen LogP contribution in [0.1, 0.15) is 36.8 Å². The molecule has 0 spiro atoms. The molecule has 1 aromatic carbocycles. The lowest BCUT2D eigenvalue weighted by Gasteiger charge is -2.26. The summed E-state index contributed by atoms with van der Waals surface area (Å²) in [5.41, 5.74) is 2.18. The van der Waals surface area contributed by atoms with Crippen molar-refractivity contribution in [2.24, 2.45) is 0 Å². The molecule has 1 aliphatic rings. The Labute approximate surface area is 120 Å². The normalized spacial score (nSPS) is 17.0. The smallest absolute Gasteiger partial charge is 0.256 e. The highest BCUT2D eigenvalue weighted by Crippen LogP contribution is 2.34. The summed E-state index contributed by atoms with van der Waals surface area (Å²) in [7, 11) is 3.28. The predicted molar refractivity (Wildman–Crippen MR) is 79.3 cm³/mol. The van der Waals surface area contributed by atoms with Crippen molar-refractivity contribution >= 4 is 11.6 Å². The quantitative estimate of drug-likeness (QED) is 0.919. The molecule has 4 heteroatoms. The zero-order valence-corrected chi connectivity index (χ0v) is 12.7. The molecule has 0 heterocycles. The van der Waals surface area contributed by atoms with Crippen molar-refractivity contribution in [1.29, 1.82) is 0 Å². The van der Waals surface area contributed by atoms with Crippen LogP contribution in [0.3, 0.4) is 0 Å². The Morgan fingerprint density at radius 3 is 2.15 bits per heavy atom. The molecule has 1 aliphatic carbocycles. The predicted octanol–water partition coefficient (Wildman–Crippen LogP) is 3.21. The summed E-state index contributed by atoms with van der Waals surface area (Å²) in [5, 5.41) is 2.99. The maximum absolute atomic E-state index is 12.5. The van der Waals surface area contributed by atoms with Crippen molar-refractivity contribution in [3.8, 4) is 5.75 Å². The Kier molecular flexibility index (Phi) is 4.33. The largest absolute Gasteiger partial charge is 0.496 e. The standard InChI is InChI=1S/C16H23NO3/c1-11-9-13(10-12(2)14(11)19-3)17-15(18)16(20-4)7-5-6-8-16/h9-10H,5-8H2,1-4H3,(H,17,18). The van der Waals surface area contributed by atoms with Gasteiger partial charge in [-0.15, -0.1) is 0 Å². The van der Waals surface area contributed by atoms with Crippen LogP contribution in [-0.4, -0.2) is 25.7 Å². The summed E-state index contributed by atoms with van der Waals surface area (Å²) >= 11 is 0. The molecule has 0 aromatic heterocycles. The molecular formula is C16H23NO3. The summed E-state index contributed by atoms with van der Waals surface area (Å²) in [6.45, 7) is 3.95. The van der Waals surface area contributed by atoms with Crippen molar-refractivity contribution in [2.45, 2.75) is 45.1 Å². The minimum Gasteiger partial charge on any atom is -0.496 e. The lowest BCUT2D eigenvalue weighted by atomic mass is 10.0. The second-order valence-electron chi connectivity index (χ2n) is 5.50. The van der Waals surface area contributed by atoms with Gasteiger partial charge in [0.15, 0.2) is 0 Å². The van der Waals surface area contributed by atoms with Gasteiger partial charge in [-0.05, 0) is 62.8 Å². The molecule has 110 valence electrons. The zero-order chi connectivity index (χ0) is 14.8. The zero-order valence-electron chi connectivity index (χ0n) is 12.7. The maximum atomic E-state index is 12.5. The maximum Gasteiger partial charge on any atom is 0.256 e. The average Bonchev–Trinajstić information content (AvgIpc) is 2.88. The van der Waals surface area contributed by atoms with Crippen LogP contribution in [0.25, 0.3) is 0 Å². The number of rotatable bonds is 4. The number of amides is 1. The summed E-state index contributed by atoms with van der Waals surface area (Å²) in [5.74, 6) is 0.826. The van der Waals surface area contributed by atoms with Crippen LogP contribution in [0.4, 0.5) is 5.69 Å². The fourth-order valence-corrected chi connectivity index (χ4v) is 3.06. The van der Waals surface area contributed by atoms with Crippen molar-refractivity contribution in [1.82, 2.24) is 0 Å². The molecule has 2 rings (SSSR count). The van der Waals surface area contributed by atoms with Crippen LogP contribution in [0, 0.1) is 13.8 Å². The first-order chi connectivity index (χ1) is 9.52. The molecule has 1 N–H and O–H groups in total. The van der Waals surface area contributed by atoms with E-state index in [0.717, 1.165) is 48.2 Å². The number of ether oxygens (including phenoxy) is 2. The van der Waals surface area contributed by atoms with Crippen LogP contribution in [0.15, 0.2) is 12.1 Å². The van der Waals surface area contributed by atoms with Crippen molar-refractivity contribution in [3.63, 3.8) is 0 Å². The van der Waals surface area contributed by atoms with Crippen molar-refractivity contribution in [2.75, 3.05) is 19.5 Å². The first-order valence-corrected chi connectivity index (χ1v) is 7.04. The summed E-state index contributed by atoms with van der Waals surface area (Å²) in [6, 6.07) is 3.87. The van der Waals surface area contributed by atoms with E-state index in [2.05, 4.69) is 5.32 Å². The van der Waals surface area contributed by atoms with Gasteiger partial charge in [-0.3, -0.25) is 4.79 Å². The molecule has 4 nitrogen and oxygen atoms in total. The van der Waals surface area contributed by atoms with Crippen LogP contribution in [0.2, 0.25) is 0 Å². The molecule has 0 radical (unpaired) electrons. The third kappa shape index (κ3) is 2.66. The summed E-state index contributed by atoms with van der Waals surface area (Å²) < 4.78 is 10.8. The number of hydrogen-bond donors (Lipinski definition) is 1. The Hall–Kier alpha value is -1.55. The molecule has 0 saturated heterocycles. The third-order valence-electron chi connectivity index (χ3n) is 4.14. The fraction of sp³-hybridized carbons (Fsp3) is 0.562. The molecule has 0 bridgehead atoms. The van der Waals surface area contributed by atoms with Crippen LogP contribution in [-0.2, 0) is 9.53 Å². The second kappa shape index (κ2) is 5.83. The monoisotopic (exact) mass is 277 g/mol. The van der Waals surface area contributed by atoms with E-state index < -0.39 is 5.60 Å². The minimum absolute atomic E-state index is 0.0403. The Balaban J connectivity index is 2.20. The molecule has 1 amide bonds. The second-order valence-corrected chi connectivity index (χ2v) is 5.50. The van der Waals surface area contributed by atoms with Gasteiger partial charge in [0.05, 0.1) is 7.11 Å². The number of carbonyl (C=O) groups excluding carboxylic acids is 1. The van der Waals surface area contributed by atoms with Gasteiger partial charge in [-0.1, -0.05) is 0 Å². The molecule has 1 fully saturated rings. The topological polar surface area (TPSA) is 47.6 Å². The molecule has 1 aromatic rings. The van der Waals surface area contributed by atoms with E-state index >= 15 is 0 Å². The number of benzene rings is 1. The first kappa shape index (κ1) is 14.9. The van der Waals surface area contributed by atoms with E-state index in [9.17, 15) is 4.79 Å².